The lowest BCUT2D eigenvalue weighted by Gasteiger charge is -2.18. The zero-order chi connectivity index (χ0) is 24.0. The van der Waals surface area contributed by atoms with Crippen molar-refractivity contribution >= 4 is 40.8 Å². The molecule has 8 heteroatoms. The molecule has 2 bridgehead atoms. The number of nitrogens with zero attached hydrogens (tertiary/aromatic N) is 1. The standard InChI is InChI=1S/C26H22N2O6/c1-14(29)15-7-9-19(10-8-15)27-21(30)13-34-26(33)18-3-2-4-20(12-18)28-24(31)22-16-5-6-17(11-16)23(22)25(28)32/h2-10,12,16-17,22-23H,11,13H2,1H3,(H,27,30)/t16-,17-,22-,23-/m0/s1. The molecular weight excluding hydrogens is 436 g/mol. The van der Waals surface area contributed by atoms with E-state index in [1.807, 2.05) is 12.2 Å². The number of hydrogen-bond donors (Lipinski definition) is 1. The van der Waals surface area contributed by atoms with Crippen molar-refractivity contribution in [2.45, 2.75) is 13.3 Å². The molecule has 1 saturated heterocycles. The van der Waals surface area contributed by atoms with Crippen LogP contribution in [-0.4, -0.2) is 36.1 Å². The van der Waals surface area contributed by atoms with Gasteiger partial charge in [0.2, 0.25) is 11.8 Å². The number of esters is 1. The highest BCUT2D eigenvalue weighted by Crippen LogP contribution is 2.53. The Kier molecular flexibility index (Phi) is 5.36. The van der Waals surface area contributed by atoms with Crippen LogP contribution in [0.15, 0.2) is 60.7 Å². The third kappa shape index (κ3) is 3.71. The van der Waals surface area contributed by atoms with Crippen LogP contribution in [-0.2, 0) is 19.1 Å². The van der Waals surface area contributed by atoms with Crippen LogP contribution in [0.3, 0.4) is 0 Å². The van der Waals surface area contributed by atoms with Gasteiger partial charge in [-0.05, 0) is 67.6 Å². The van der Waals surface area contributed by atoms with Crippen molar-refractivity contribution < 1.29 is 28.7 Å². The maximum absolute atomic E-state index is 13.0. The van der Waals surface area contributed by atoms with E-state index in [2.05, 4.69) is 5.32 Å². The Balaban J connectivity index is 1.22. The van der Waals surface area contributed by atoms with E-state index in [-0.39, 0.29) is 46.8 Å². The molecule has 2 aromatic carbocycles. The number of anilines is 2. The number of Topliss-reactive ketones (excluding diaryl/α,β-unsaturated/α-hetero) is 1. The number of hydrogen-bond acceptors (Lipinski definition) is 6. The van der Waals surface area contributed by atoms with Crippen molar-refractivity contribution in [2.24, 2.45) is 23.7 Å². The fourth-order valence-electron chi connectivity index (χ4n) is 5.13. The molecule has 3 amide bonds. The second-order valence-corrected chi connectivity index (χ2v) is 8.82. The fraction of sp³-hybridized carbons (Fsp3) is 0.269. The summed E-state index contributed by atoms with van der Waals surface area (Å²) < 4.78 is 5.11. The van der Waals surface area contributed by atoms with Gasteiger partial charge >= 0.3 is 5.97 Å². The first kappa shape index (κ1) is 21.8. The largest absolute Gasteiger partial charge is 0.452 e. The van der Waals surface area contributed by atoms with Gasteiger partial charge in [0.05, 0.1) is 23.1 Å². The van der Waals surface area contributed by atoms with Crippen molar-refractivity contribution in [3.05, 3.63) is 71.8 Å². The molecule has 0 radical (unpaired) electrons. The second kappa shape index (κ2) is 8.37. The molecule has 0 aromatic heterocycles. The Bertz CT molecular complexity index is 1220. The Morgan fingerprint density at radius 3 is 2.21 bits per heavy atom. The zero-order valence-corrected chi connectivity index (χ0v) is 18.4. The normalized spacial score (nSPS) is 24.3. The highest BCUT2D eigenvalue weighted by atomic mass is 16.5. The molecule has 4 atom stereocenters. The molecule has 1 heterocycles. The van der Waals surface area contributed by atoms with E-state index in [1.165, 1.54) is 24.0 Å². The van der Waals surface area contributed by atoms with E-state index in [4.69, 9.17) is 4.74 Å². The van der Waals surface area contributed by atoms with Gasteiger partial charge in [-0.3, -0.25) is 19.2 Å². The summed E-state index contributed by atoms with van der Waals surface area (Å²) in [6, 6.07) is 12.5. The number of allylic oxidation sites excluding steroid dienone is 2. The number of amides is 3. The first-order valence-electron chi connectivity index (χ1n) is 11.1. The minimum Gasteiger partial charge on any atom is -0.452 e. The number of ketones is 1. The summed E-state index contributed by atoms with van der Waals surface area (Å²) in [6.07, 6.45) is 4.89. The van der Waals surface area contributed by atoms with Gasteiger partial charge in [-0.15, -0.1) is 0 Å². The summed E-state index contributed by atoms with van der Waals surface area (Å²) in [6.45, 7) is 0.933. The highest BCUT2D eigenvalue weighted by Gasteiger charge is 2.59. The fourth-order valence-corrected chi connectivity index (χ4v) is 5.13. The van der Waals surface area contributed by atoms with Crippen LogP contribution < -0.4 is 10.2 Å². The Labute approximate surface area is 195 Å². The summed E-state index contributed by atoms with van der Waals surface area (Å²) in [5, 5.41) is 2.59. The number of nitrogens with one attached hydrogen (secondary N) is 1. The lowest BCUT2D eigenvalue weighted by atomic mass is 9.85. The first-order valence-corrected chi connectivity index (χ1v) is 11.1. The van der Waals surface area contributed by atoms with Crippen molar-refractivity contribution in [1.82, 2.24) is 0 Å². The van der Waals surface area contributed by atoms with Crippen molar-refractivity contribution in [2.75, 3.05) is 16.8 Å². The van der Waals surface area contributed by atoms with Gasteiger partial charge < -0.3 is 10.1 Å². The molecule has 1 saturated carbocycles. The average Bonchev–Trinajstić information content (AvgIpc) is 3.51. The number of benzene rings is 2. The van der Waals surface area contributed by atoms with Crippen LogP contribution in [0.5, 0.6) is 0 Å². The molecule has 2 aromatic rings. The minimum atomic E-state index is -0.745. The van der Waals surface area contributed by atoms with E-state index in [0.29, 0.717) is 16.9 Å². The van der Waals surface area contributed by atoms with Gasteiger partial charge in [0, 0.05) is 11.3 Å². The quantitative estimate of drug-likeness (QED) is 0.308. The van der Waals surface area contributed by atoms with Gasteiger partial charge in [-0.1, -0.05) is 18.2 Å². The Morgan fingerprint density at radius 2 is 1.59 bits per heavy atom. The number of fused-ring (bicyclic) bond motifs is 5. The molecule has 2 aliphatic carbocycles. The van der Waals surface area contributed by atoms with E-state index < -0.39 is 18.5 Å². The van der Waals surface area contributed by atoms with Gasteiger partial charge in [0.1, 0.15) is 0 Å². The zero-order valence-electron chi connectivity index (χ0n) is 18.4. The summed E-state index contributed by atoms with van der Waals surface area (Å²) >= 11 is 0. The molecular formula is C26H22N2O6. The van der Waals surface area contributed by atoms with E-state index >= 15 is 0 Å². The summed E-state index contributed by atoms with van der Waals surface area (Å²) in [5.41, 5.74) is 1.45. The number of rotatable bonds is 6. The van der Waals surface area contributed by atoms with Gasteiger partial charge in [0.25, 0.3) is 5.91 Å². The van der Waals surface area contributed by atoms with Crippen molar-refractivity contribution in [3.8, 4) is 0 Å². The third-order valence-corrected chi connectivity index (χ3v) is 6.72. The lowest BCUT2D eigenvalue weighted by molar-refractivity contribution is -0.123. The minimum absolute atomic E-state index is 0.0846. The van der Waals surface area contributed by atoms with Crippen LogP contribution in [0.1, 0.15) is 34.1 Å². The third-order valence-electron chi connectivity index (χ3n) is 6.72. The predicted molar refractivity (Wildman–Crippen MR) is 122 cm³/mol. The van der Waals surface area contributed by atoms with Gasteiger partial charge in [-0.2, -0.15) is 0 Å². The Morgan fingerprint density at radius 1 is 0.941 bits per heavy atom. The second-order valence-electron chi connectivity index (χ2n) is 8.82. The highest BCUT2D eigenvalue weighted by molar-refractivity contribution is 6.23. The van der Waals surface area contributed by atoms with Crippen molar-refractivity contribution in [1.29, 1.82) is 0 Å². The molecule has 3 aliphatic rings. The van der Waals surface area contributed by atoms with Gasteiger partial charge in [-0.25, -0.2) is 9.69 Å². The molecule has 172 valence electrons. The summed E-state index contributed by atoms with van der Waals surface area (Å²) in [5.74, 6) is -2.29. The van der Waals surface area contributed by atoms with Crippen LogP contribution >= 0.6 is 0 Å². The smallest absolute Gasteiger partial charge is 0.338 e. The molecule has 0 unspecified atom stereocenters. The Hall–Kier alpha value is -4.07. The molecule has 5 rings (SSSR count). The lowest BCUT2D eigenvalue weighted by Crippen LogP contribution is -2.33. The summed E-state index contributed by atoms with van der Waals surface area (Å²) in [4.78, 5) is 63.2. The molecule has 8 nitrogen and oxygen atoms in total. The maximum atomic E-state index is 13.0. The van der Waals surface area contributed by atoms with Crippen LogP contribution in [0.4, 0.5) is 11.4 Å². The van der Waals surface area contributed by atoms with Crippen LogP contribution in [0.25, 0.3) is 0 Å². The molecule has 0 spiro atoms. The number of ether oxygens (including phenoxy) is 1. The average molecular weight is 458 g/mol. The number of carbonyl (C=O) groups excluding carboxylic acids is 5. The predicted octanol–water partition coefficient (Wildman–Crippen LogP) is 3.00. The van der Waals surface area contributed by atoms with Crippen molar-refractivity contribution in [3.63, 3.8) is 0 Å². The first-order chi connectivity index (χ1) is 16.3. The van der Waals surface area contributed by atoms with E-state index in [0.717, 1.165) is 6.42 Å². The monoisotopic (exact) mass is 458 g/mol. The maximum Gasteiger partial charge on any atom is 0.338 e. The van der Waals surface area contributed by atoms with Gasteiger partial charge in [0.15, 0.2) is 12.4 Å². The molecule has 2 fully saturated rings. The molecule has 34 heavy (non-hydrogen) atoms. The topological polar surface area (TPSA) is 110 Å². The van der Waals surface area contributed by atoms with E-state index in [1.54, 1.807) is 36.4 Å². The van der Waals surface area contributed by atoms with Crippen LogP contribution in [0.2, 0.25) is 0 Å². The summed E-state index contributed by atoms with van der Waals surface area (Å²) in [7, 11) is 0. The molecule has 1 aliphatic heterocycles. The number of carbonyl (C=O) groups is 5. The molecule has 1 N–H and O–H groups in total. The van der Waals surface area contributed by atoms with Crippen LogP contribution in [0, 0.1) is 23.7 Å². The number of imide groups is 1. The SMILES string of the molecule is CC(=O)c1ccc(NC(=O)COC(=O)c2cccc(N3C(=O)[C@@H]4[C@@H](C3=O)[C@H]3C=C[C@H]4C3)c2)cc1. The van der Waals surface area contributed by atoms with E-state index in [9.17, 15) is 24.0 Å².